The van der Waals surface area contributed by atoms with Gasteiger partial charge in [0.1, 0.15) is 0 Å². The molecule has 1 rings (SSSR count). The summed E-state index contributed by atoms with van der Waals surface area (Å²) in [5.74, 6) is 0. The average molecular weight is 270 g/mol. The number of hydrogen-bond acceptors (Lipinski definition) is 3. The summed E-state index contributed by atoms with van der Waals surface area (Å²) in [7, 11) is -10.1. The van der Waals surface area contributed by atoms with Gasteiger partial charge in [-0.25, -0.2) is 4.98 Å². The van der Waals surface area contributed by atoms with Crippen LogP contribution in [0, 0.1) is 0 Å². The molecule has 10 heteroatoms. The quantitative estimate of drug-likeness (QED) is 0.496. The van der Waals surface area contributed by atoms with Crippen LogP contribution < -0.4 is 0 Å². The lowest BCUT2D eigenvalue weighted by Gasteiger charge is -2.32. The van der Waals surface area contributed by atoms with Crippen molar-refractivity contribution in [1.82, 2.24) is 9.97 Å². The highest BCUT2D eigenvalue weighted by Gasteiger charge is 2.61. The van der Waals surface area contributed by atoms with Crippen LogP contribution in [-0.4, -0.2) is 29.5 Å². The lowest BCUT2D eigenvalue weighted by Crippen LogP contribution is -2.26. The van der Waals surface area contributed by atoms with Crippen molar-refractivity contribution in [2.24, 2.45) is 0 Å². The van der Waals surface area contributed by atoms with Gasteiger partial charge in [-0.15, -0.1) is 0 Å². The van der Waals surface area contributed by atoms with Crippen molar-refractivity contribution < 1.29 is 28.7 Å². The Hall–Kier alpha value is -0.490. The minimum atomic E-state index is -5.05. The summed E-state index contributed by atoms with van der Waals surface area (Å²) in [5, 5.41) is 0. The van der Waals surface area contributed by atoms with E-state index in [-0.39, 0.29) is 5.69 Å². The molecule has 0 amide bonds. The second-order valence-electron chi connectivity index (χ2n) is 3.22. The molecule has 5 N–H and O–H groups in total. The van der Waals surface area contributed by atoms with E-state index < -0.39 is 26.5 Å². The number of H-pyrrole nitrogens is 1. The zero-order valence-electron chi connectivity index (χ0n) is 8.31. The van der Waals surface area contributed by atoms with Crippen molar-refractivity contribution in [3.63, 3.8) is 0 Å². The zero-order valence-corrected chi connectivity index (χ0v) is 10.1. The molecule has 1 heterocycles. The first-order valence-electron chi connectivity index (χ1n) is 4.27. The van der Waals surface area contributed by atoms with Crippen LogP contribution >= 0.6 is 15.2 Å². The summed E-state index contributed by atoms with van der Waals surface area (Å²) in [6, 6.07) is 0. The summed E-state index contributed by atoms with van der Waals surface area (Å²) in [6.07, 6.45) is 1.69. The Morgan fingerprint density at radius 2 is 1.81 bits per heavy atom. The minimum Gasteiger partial charge on any atom is -0.347 e. The Labute approximate surface area is 91.1 Å². The maximum Gasteiger partial charge on any atom is 0.349 e. The Morgan fingerprint density at radius 3 is 2.06 bits per heavy atom. The molecule has 0 aromatic carbocycles. The molecule has 0 aliphatic carbocycles. The van der Waals surface area contributed by atoms with E-state index in [2.05, 4.69) is 9.97 Å². The van der Waals surface area contributed by atoms with Gasteiger partial charge in [-0.2, -0.15) is 0 Å². The van der Waals surface area contributed by atoms with Gasteiger partial charge < -0.3 is 24.6 Å². The molecule has 0 bridgehead atoms. The lowest BCUT2D eigenvalue weighted by molar-refractivity contribution is 0.303. The van der Waals surface area contributed by atoms with Gasteiger partial charge in [-0.3, -0.25) is 9.13 Å². The van der Waals surface area contributed by atoms with E-state index in [1.807, 2.05) is 0 Å². The molecule has 0 aliphatic rings. The fraction of sp³-hybridized carbons (Fsp3) is 0.500. The number of nitrogens with one attached hydrogen (secondary N) is 1. The number of imidazole rings is 1. The van der Waals surface area contributed by atoms with Gasteiger partial charge in [0, 0.05) is 6.20 Å². The number of aromatic amines is 1. The number of hydrogen-bond donors (Lipinski definition) is 5. The van der Waals surface area contributed by atoms with Crippen LogP contribution in [0.2, 0.25) is 0 Å². The van der Waals surface area contributed by atoms with Crippen molar-refractivity contribution in [1.29, 1.82) is 0 Å². The van der Waals surface area contributed by atoms with E-state index in [0.717, 1.165) is 12.5 Å². The van der Waals surface area contributed by atoms with E-state index >= 15 is 0 Å². The summed E-state index contributed by atoms with van der Waals surface area (Å²) in [5.41, 5.74) is -0.267. The minimum absolute atomic E-state index is 0.267. The molecule has 0 saturated heterocycles. The van der Waals surface area contributed by atoms with Crippen LogP contribution in [0.5, 0.6) is 0 Å². The van der Waals surface area contributed by atoms with Crippen molar-refractivity contribution >= 4 is 15.2 Å². The van der Waals surface area contributed by atoms with Crippen LogP contribution in [0.25, 0.3) is 0 Å². The van der Waals surface area contributed by atoms with Gasteiger partial charge in [0.15, 0.2) is 0 Å². The molecule has 0 atom stereocenters. The van der Waals surface area contributed by atoms with E-state index in [0.29, 0.717) is 0 Å². The molecular formula is C6H12N2O6P2. The summed E-state index contributed by atoms with van der Waals surface area (Å²) < 4.78 is 22.8. The fourth-order valence-corrected chi connectivity index (χ4v) is 4.61. The molecular weight excluding hydrogens is 258 g/mol. The maximum absolute atomic E-state index is 11.4. The molecule has 0 fully saturated rings. The van der Waals surface area contributed by atoms with Crippen LogP contribution in [0.1, 0.15) is 19.0 Å². The molecule has 92 valence electrons. The third-order valence-electron chi connectivity index (χ3n) is 2.39. The van der Waals surface area contributed by atoms with Crippen LogP contribution in [-0.2, 0) is 14.0 Å². The highest BCUT2D eigenvalue weighted by atomic mass is 31.2. The fourth-order valence-electron chi connectivity index (χ4n) is 1.56. The topological polar surface area (TPSA) is 144 Å². The van der Waals surface area contributed by atoms with Crippen molar-refractivity contribution in [2.75, 3.05) is 0 Å². The second kappa shape index (κ2) is 4.07. The van der Waals surface area contributed by atoms with Crippen molar-refractivity contribution in [3.8, 4) is 0 Å². The first-order chi connectivity index (χ1) is 7.17. The van der Waals surface area contributed by atoms with Crippen LogP contribution in [0.4, 0.5) is 0 Å². The summed E-state index contributed by atoms with van der Waals surface area (Å²) in [6.45, 7) is 1.29. The summed E-state index contributed by atoms with van der Waals surface area (Å²) in [4.78, 5) is 40.1. The Morgan fingerprint density at radius 1 is 1.31 bits per heavy atom. The molecule has 0 radical (unpaired) electrons. The van der Waals surface area contributed by atoms with Crippen LogP contribution in [0.15, 0.2) is 12.5 Å². The Balaban J connectivity index is 3.57. The van der Waals surface area contributed by atoms with Gasteiger partial charge in [0.25, 0.3) is 0 Å². The van der Waals surface area contributed by atoms with Crippen LogP contribution in [0.3, 0.4) is 0 Å². The Kier molecular flexibility index (Phi) is 3.45. The van der Waals surface area contributed by atoms with Crippen molar-refractivity contribution in [2.45, 2.75) is 18.2 Å². The lowest BCUT2D eigenvalue weighted by atomic mass is 10.2. The average Bonchev–Trinajstić information content (AvgIpc) is 2.53. The maximum atomic E-state index is 11.4. The first kappa shape index (κ1) is 13.6. The first-order valence-corrected chi connectivity index (χ1v) is 7.49. The number of aromatic nitrogens is 2. The third kappa shape index (κ3) is 1.88. The Bertz CT molecular complexity index is 424. The van der Waals surface area contributed by atoms with E-state index in [1.54, 1.807) is 0 Å². The monoisotopic (exact) mass is 270 g/mol. The normalized spacial score (nSPS) is 14.1. The largest absolute Gasteiger partial charge is 0.349 e. The highest BCUT2D eigenvalue weighted by molar-refractivity contribution is 7.71. The molecule has 16 heavy (non-hydrogen) atoms. The molecule has 0 spiro atoms. The van der Waals surface area contributed by atoms with Gasteiger partial charge in [-0.05, 0) is 6.42 Å². The summed E-state index contributed by atoms with van der Waals surface area (Å²) >= 11 is 0. The molecule has 1 aromatic rings. The van der Waals surface area contributed by atoms with E-state index in [4.69, 9.17) is 0 Å². The molecule has 1 aromatic heterocycles. The predicted octanol–water partition coefficient (Wildman–Crippen LogP) is 0.328. The van der Waals surface area contributed by atoms with E-state index in [1.165, 1.54) is 6.92 Å². The SMILES string of the molecule is CCC(c1cnc[nH]1)(P(=O)(O)O)P(=O)(O)O. The number of rotatable bonds is 4. The van der Waals surface area contributed by atoms with Gasteiger partial charge in [0.05, 0.1) is 12.0 Å². The molecule has 0 aliphatic heterocycles. The van der Waals surface area contributed by atoms with Gasteiger partial charge >= 0.3 is 15.2 Å². The standard InChI is InChI=1S/C6H12N2O6P2/c1-2-6(15(9,10)11,16(12,13)14)5-3-7-4-8-5/h3-4H,2H2,1H3,(H,7,8)(H2,9,10,11)(H2,12,13,14). The van der Waals surface area contributed by atoms with Gasteiger partial charge in [0.2, 0.25) is 4.90 Å². The molecule has 0 unspecified atom stereocenters. The smallest absolute Gasteiger partial charge is 0.347 e. The predicted molar refractivity (Wildman–Crippen MR) is 54.6 cm³/mol. The van der Waals surface area contributed by atoms with E-state index in [9.17, 15) is 28.7 Å². The van der Waals surface area contributed by atoms with Gasteiger partial charge in [-0.1, -0.05) is 6.92 Å². The zero-order chi connectivity index (χ0) is 12.6. The second-order valence-corrected chi connectivity index (χ2v) is 7.28. The third-order valence-corrected chi connectivity index (χ3v) is 6.99. The highest BCUT2D eigenvalue weighted by Crippen LogP contribution is 2.75. The van der Waals surface area contributed by atoms with Crippen molar-refractivity contribution in [3.05, 3.63) is 18.2 Å². The molecule has 8 nitrogen and oxygen atoms in total. The molecule has 0 saturated carbocycles. The number of nitrogens with zero attached hydrogens (tertiary/aromatic N) is 1.